The SMILES string of the molecule is COc1ccc2c(c1)CC(c1nc3cc(-c4ccnc(N)n4)cc(OC4CCOCC4)c3[nH]1)CO2. The van der Waals surface area contributed by atoms with Crippen LogP contribution in [0, 0.1) is 0 Å². The molecule has 9 heteroatoms. The Labute approximate surface area is 202 Å². The maximum absolute atomic E-state index is 6.47. The van der Waals surface area contributed by atoms with Gasteiger partial charge in [-0.25, -0.2) is 15.0 Å². The van der Waals surface area contributed by atoms with Crippen LogP contribution in [0.25, 0.3) is 22.3 Å². The molecule has 2 aromatic carbocycles. The zero-order chi connectivity index (χ0) is 23.8. The number of fused-ring (bicyclic) bond motifs is 2. The van der Waals surface area contributed by atoms with Crippen molar-refractivity contribution < 1.29 is 18.9 Å². The van der Waals surface area contributed by atoms with E-state index in [4.69, 9.17) is 29.7 Å². The summed E-state index contributed by atoms with van der Waals surface area (Å²) in [5, 5.41) is 0. The largest absolute Gasteiger partial charge is 0.497 e. The number of aromatic amines is 1. The molecule has 0 aliphatic carbocycles. The molecular weight excluding hydrogens is 446 g/mol. The molecule has 2 aliphatic heterocycles. The number of rotatable bonds is 5. The van der Waals surface area contributed by atoms with E-state index in [1.807, 2.05) is 36.4 Å². The standard InChI is InChI=1S/C26H27N5O4/c1-32-19-2-3-22-16(11-19)10-17(14-34-22)25-29-21-12-15(20-4-7-28-26(27)30-20)13-23(24(21)31-25)35-18-5-8-33-9-6-18/h2-4,7,11-13,17-18H,5-6,8-10,14H2,1H3,(H,29,31)(H2,27,28,30). The van der Waals surface area contributed by atoms with Crippen LogP contribution >= 0.6 is 0 Å². The van der Waals surface area contributed by atoms with E-state index < -0.39 is 0 Å². The van der Waals surface area contributed by atoms with E-state index in [0.717, 1.165) is 70.2 Å². The molecule has 0 radical (unpaired) electrons. The summed E-state index contributed by atoms with van der Waals surface area (Å²) in [7, 11) is 1.67. The number of anilines is 1. The monoisotopic (exact) mass is 473 g/mol. The molecule has 0 bridgehead atoms. The Morgan fingerprint density at radius 3 is 2.80 bits per heavy atom. The number of ether oxygens (including phenoxy) is 4. The number of aromatic nitrogens is 4. The summed E-state index contributed by atoms with van der Waals surface area (Å²) in [6.07, 6.45) is 4.24. The minimum absolute atomic E-state index is 0.0797. The van der Waals surface area contributed by atoms with Gasteiger partial charge >= 0.3 is 0 Å². The zero-order valence-electron chi connectivity index (χ0n) is 19.5. The predicted molar refractivity (Wildman–Crippen MR) is 131 cm³/mol. The Balaban J connectivity index is 1.38. The summed E-state index contributed by atoms with van der Waals surface area (Å²) in [6, 6.07) is 11.8. The summed E-state index contributed by atoms with van der Waals surface area (Å²) in [4.78, 5) is 16.9. The molecule has 6 rings (SSSR count). The van der Waals surface area contributed by atoms with Gasteiger partial charge in [0.2, 0.25) is 5.95 Å². The third-order valence-electron chi connectivity index (χ3n) is 6.57. The third kappa shape index (κ3) is 4.35. The smallest absolute Gasteiger partial charge is 0.220 e. The van der Waals surface area contributed by atoms with Crippen molar-refractivity contribution in [3.8, 4) is 28.5 Å². The number of nitrogen functional groups attached to an aromatic ring is 1. The van der Waals surface area contributed by atoms with E-state index in [1.54, 1.807) is 13.3 Å². The van der Waals surface area contributed by atoms with Crippen molar-refractivity contribution in [2.24, 2.45) is 0 Å². The number of imidazole rings is 1. The maximum Gasteiger partial charge on any atom is 0.220 e. The Morgan fingerprint density at radius 2 is 1.97 bits per heavy atom. The Morgan fingerprint density at radius 1 is 1.09 bits per heavy atom. The highest BCUT2D eigenvalue weighted by Crippen LogP contribution is 2.37. The van der Waals surface area contributed by atoms with Crippen molar-refractivity contribution in [3.63, 3.8) is 0 Å². The molecule has 4 heterocycles. The van der Waals surface area contributed by atoms with E-state index in [0.29, 0.717) is 19.8 Å². The summed E-state index contributed by atoms with van der Waals surface area (Å²) >= 11 is 0. The lowest BCUT2D eigenvalue weighted by molar-refractivity contribution is 0.0261. The van der Waals surface area contributed by atoms with Crippen LogP contribution < -0.4 is 19.9 Å². The van der Waals surface area contributed by atoms with E-state index in [9.17, 15) is 0 Å². The number of hydrogen-bond acceptors (Lipinski definition) is 8. The summed E-state index contributed by atoms with van der Waals surface area (Å²) < 4.78 is 23.4. The van der Waals surface area contributed by atoms with Crippen LogP contribution in [0.15, 0.2) is 42.6 Å². The lowest BCUT2D eigenvalue weighted by Crippen LogP contribution is -2.26. The number of hydrogen-bond donors (Lipinski definition) is 2. The van der Waals surface area contributed by atoms with Crippen LogP contribution in [0.2, 0.25) is 0 Å². The molecule has 0 saturated carbocycles. The number of nitrogens with one attached hydrogen (secondary N) is 1. The second kappa shape index (κ2) is 9.07. The van der Waals surface area contributed by atoms with Gasteiger partial charge in [-0.3, -0.25) is 0 Å². The Bertz CT molecular complexity index is 1370. The average Bonchev–Trinajstić information content (AvgIpc) is 3.33. The fourth-order valence-corrected chi connectivity index (χ4v) is 4.72. The van der Waals surface area contributed by atoms with Crippen molar-refractivity contribution in [1.29, 1.82) is 0 Å². The fraction of sp³-hybridized carbons (Fsp3) is 0.346. The Kier molecular flexibility index (Phi) is 5.61. The molecule has 35 heavy (non-hydrogen) atoms. The lowest BCUT2D eigenvalue weighted by Gasteiger charge is -2.24. The van der Waals surface area contributed by atoms with Crippen LogP contribution in [0.1, 0.15) is 30.1 Å². The molecule has 3 N–H and O–H groups in total. The van der Waals surface area contributed by atoms with Gasteiger partial charge in [-0.05, 0) is 48.4 Å². The quantitative estimate of drug-likeness (QED) is 0.448. The lowest BCUT2D eigenvalue weighted by atomic mass is 9.96. The Hall–Kier alpha value is -3.85. The third-order valence-corrected chi connectivity index (χ3v) is 6.57. The van der Waals surface area contributed by atoms with Crippen LogP contribution in [0.4, 0.5) is 5.95 Å². The van der Waals surface area contributed by atoms with Gasteiger partial charge < -0.3 is 29.7 Å². The van der Waals surface area contributed by atoms with Crippen molar-refractivity contribution in [2.45, 2.75) is 31.3 Å². The molecule has 0 spiro atoms. The van der Waals surface area contributed by atoms with Gasteiger partial charge in [0.05, 0.1) is 44.1 Å². The number of nitrogens with two attached hydrogens (primary N) is 1. The van der Waals surface area contributed by atoms with Gasteiger partial charge in [0.1, 0.15) is 34.7 Å². The molecule has 1 atom stereocenters. The predicted octanol–water partition coefficient (Wildman–Crippen LogP) is 3.89. The summed E-state index contributed by atoms with van der Waals surface area (Å²) in [6.45, 7) is 1.95. The topological polar surface area (TPSA) is 117 Å². The second-order valence-electron chi connectivity index (χ2n) is 8.91. The number of nitrogens with zero attached hydrogens (tertiary/aromatic N) is 3. The molecule has 1 unspecified atom stereocenters. The summed E-state index contributed by atoms with van der Waals surface area (Å²) in [5.41, 5.74) is 10.2. The first-order valence-electron chi connectivity index (χ1n) is 11.8. The highest BCUT2D eigenvalue weighted by molar-refractivity contribution is 5.87. The normalized spacial score (nSPS) is 18.1. The first-order valence-corrected chi connectivity index (χ1v) is 11.8. The maximum atomic E-state index is 6.47. The second-order valence-corrected chi connectivity index (χ2v) is 8.91. The first-order chi connectivity index (χ1) is 17.2. The summed E-state index contributed by atoms with van der Waals surface area (Å²) in [5.74, 6) is 3.63. The van der Waals surface area contributed by atoms with Gasteiger partial charge in [-0.1, -0.05) is 0 Å². The van der Waals surface area contributed by atoms with Gasteiger partial charge in [-0.2, -0.15) is 0 Å². The molecule has 1 saturated heterocycles. The molecule has 180 valence electrons. The van der Waals surface area contributed by atoms with Gasteiger partial charge in [-0.15, -0.1) is 0 Å². The van der Waals surface area contributed by atoms with Crippen LogP contribution in [0.3, 0.4) is 0 Å². The number of benzene rings is 2. The molecule has 0 amide bonds. The molecule has 1 fully saturated rings. The van der Waals surface area contributed by atoms with Crippen molar-refractivity contribution in [3.05, 3.63) is 54.0 Å². The van der Waals surface area contributed by atoms with Crippen molar-refractivity contribution in [2.75, 3.05) is 32.7 Å². The van der Waals surface area contributed by atoms with Gasteiger partial charge in [0.15, 0.2) is 0 Å². The van der Waals surface area contributed by atoms with E-state index in [-0.39, 0.29) is 18.0 Å². The molecule has 2 aliphatic rings. The van der Waals surface area contributed by atoms with Crippen molar-refractivity contribution >= 4 is 17.0 Å². The first kappa shape index (κ1) is 21.7. The highest BCUT2D eigenvalue weighted by atomic mass is 16.5. The minimum atomic E-state index is 0.0797. The minimum Gasteiger partial charge on any atom is -0.497 e. The van der Waals surface area contributed by atoms with Crippen LogP contribution in [-0.4, -0.2) is 53.0 Å². The number of methoxy groups -OCH3 is 1. The van der Waals surface area contributed by atoms with E-state index >= 15 is 0 Å². The molecule has 9 nitrogen and oxygen atoms in total. The molecule has 2 aromatic heterocycles. The zero-order valence-corrected chi connectivity index (χ0v) is 19.5. The van der Waals surface area contributed by atoms with Crippen LogP contribution in [-0.2, 0) is 11.2 Å². The van der Waals surface area contributed by atoms with Gasteiger partial charge in [0.25, 0.3) is 0 Å². The van der Waals surface area contributed by atoms with Crippen molar-refractivity contribution in [1.82, 2.24) is 19.9 Å². The van der Waals surface area contributed by atoms with Gasteiger partial charge in [0, 0.05) is 24.6 Å². The average molecular weight is 474 g/mol. The van der Waals surface area contributed by atoms with Crippen LogP contribution in [0.5, 0.6) is 17.2 Å². The van der Waals surface area contributed by atoms with E-state index in [1.165, 1.54) is 0 Å². The highest BCUT2D eigenvalue weighted by Gasteiger charge is 2.26. The van der Waals surface area contributed by atoms with E-state index in [2.05, 4.69) is 15.0 Å². The number of H-pyrrole nitrogens is 1. The molecular formula is C26H27N5O4. The molecule has 4 aromatic rings. The fourth-order valence-electron chi connectivity index (χ4n) is 4.72.